The van der Waals surface area contributed by atoms with Gasteiger partial charge in [-0.15, -0.1) is 0 Å². The smallest absolute Gasteiger partial charge is 0.252 e. The molecule has 0 bridgehead atoms. The lowest BCUT2D eigenvalue weighted by atomic mass is 10.1. The summed E-state index contributed by atoms with van der Waals surface area (Å²) in [6, 6.07) is 4.97. The van der Waals surface area contributed by atoms with E-state index in [4.69, 9.17) is 9.40 Å². The van der Waals surface area contributed by atoms with Crippen molar-refractivity contribution in [2.75, 3.05) is 18.1 Å². The summed E-state index contributed by atoms with van der Waals surface area (Å²) >= 11 is 0. The zero-order valence-electron chi connectivity index (χ0n) is 17.4. The summed E-state index contributed by atoms with van der Waals surface area (Å²) in [6.07, 6.45) is 2.92. The molecular weight excluding hydrogens is 404 g/mol. The number of carbonyl (C=O) groups excluding carboxylic acids is 1. The fraction of sp³-hybridized carbons (Fsp3) is 0.476. The number of rotatable bonds is 6. The highest BCUT2D eigenvalue weighted by Crippen LogP contribution is 2.32. The summed E-state index contributed by atoms with van der Waals surface area (Å²) in [5, 5.41) is 8.22. The monoisotopic (exact) mass is 430 g/mol. The lowest BCUT2D eigenvalue weighted by Gasteiger charge is -2.12. The molecule has 0 radical (unpaired) electrons. The summed E-state index contributed by atoms with van der Waals surface area (Å²) in [5.41, 5.74) is 2.16. The van der Waals surface area contributed by atoms with Crippen LogP contribution in [0.2, 0.25) is 0 Å². The molecule has 1 fully saturated rings. The minimum atomic E-state index is -3.09. The Hall–Kier alpha value is -2.68. The number of hydrogen-bond acceptors (Lipinski definition) is 6. The second-order valence-corrected chi connectivity index (χ2v) is 10.5. The average Bonchev–Trinajstić information content (AvgIpc) is 3.40. The van der Waals surface area contributed by atoms with E-state index >= 15 is 0 Å². The van der Waals surface area contributed by atoms with E-state index in [1.807, 2.05) is 6.92 Å². The normalized spacial score (nSPS) is 18.3. The second-order valence-electron chi connectivity index (χ2n) is 8.26. The number of furan rings is 1. The van der Waals surface area contributed by atoms with Crippen LogP contribution < -0.4 is 5.32 Å². The molecule has 3 aromatic rings. The Bertz CT molecular complexity index is 1180. The van der Waals surface area contributed by atoms with E-state index < -0.39 is 9.84 Å². The Balaban J connectivity index is 1.82. The van der Waals surface area contributed by atoms with Gasteiger partial charge in [-0.1, -0.05) is 13.8 Å². The van der Waals surface area contributed by atoms with Crippen molar-refractivity contribution in [2.45, 2.75) is 39.7 Å². The number of nitrogens with zero attached hydrogens (tertiary/aromatic N) is 3. The molecule has 160 valence electrons. The van der Waals surface area contributed by atoms with Crippen molar-refractivity contribution in [2.24, 2.45) is 5.92 Å². The highest BCUT2D eigenvalue weighted by Gasteiger charge is 2.32. The number of aryl methyl sites for hydroxylation is 1. The van der Waals surface area contributed by atoms with E-state index in [1.54, 1.807) is 29.1 Å². The van der Waals surface area contributed by atoms with Crippen LogP contribution in [0.25, 0.3) is 22.5 Å². The maximum Gasteiger partial charge on any atom is 0.252 e. The fourth-order valence-electron chi connectivity index (χ4n) is 3.84. The lowest BCUT2D eigenvalue weighted by Crippen LogP contribution is -2.25. The Morgan fingerprint density at radius 1 is 1.40 bits per heavy atom. The predicted octanol–water partition coefficient (Wildman–Crippen LogP) is 3.14. The lowest BCUT2D eigenvalue weighted by molar-refractivity contribution is 0.0953. The predicted molar refractivity (Wildman–Crippen MR) is 114 cm³/mol. The third-order valence-electron chi connectivity index (χ3n) is 5.42. The molecule has 1 atom stereocenters. The second kappa shape index (κ2) is 7.86. The molecule has 1 amide bonds. The quantitative estimate of drug-likeness (QED) is 0.644. The SMILES string of the molecule is Cc1nn(C2CCS(=O)(=O)C2)c2nc(-c3ccco3)cc(C(=O)NCCC(C)C)c12. The van der Waals surface area contributed by atoms with Gasteiger partial charge in [0, 0.05) is 6.54 Å². The van der Waals surface area contributed by atoms with E-state index in [1.165, 1.54) is 0 Å². The molecule has 1 aliphatic rings. The Morgan fingerprint density at radius 3 is 2.83 bits per heavy atom. The minimum absolute atomic E-state index is 0.0335. The van der Waals surface area contributed by atoms with Crippen LogP contribution in [0.3, 0.4) is 0 Å². The number of pyridine rings is 1. The highest BCUT2D eigenvalue weighted by molar-refractivity contribution is 7.91. The Labute approximate surface area is 175 Å². The van der Waals surface area contributed by atoms with Crippen molar-refractivity contribution in [1.29, 1.82) is 0 Å². The first-order valence-electron chi connectivity index (χ1n) is 10.2. The number of carbonyl (C=O) groups is 1. The van der Waals surface area contributed by atoms with Crippen LogP contribution in [0, 0.1) is 12.8 Å². The van der Waals surface area contributed by atoms with E-state index in [9.17, 15) is 13.2 Å². The van der Waals surface area contributed by atoms with Crippen LogP contribution in [0.4, 0.5) is 0 Å². The number of aromatic nitrogens is 3. The van der Waals surface area contributed by atoms with E-state index in [0.717, 1.165) is 6.42 Å². The van der Waals surface area contributed by atoms with Gasteiger partial charge in [-0.05, 0) is 43.9 Å². The highest BCUT2D eigenvalue weighted by atomic mass is 32.2. The maximum atomic E-state index is 13.0. The van der Waals surface area contributed by atoms with Gasteiger partial charge in [-0.25, -0.2) is 18.1 Å². The van der Waals surface area contributed by atoms with E-state index in [0.29, 0.717) is 52.6 Å². The zero-order valence-corrected chi connectivity index (χ0v) is 18.2. The maximum absolute atomic E-state index is 13.0. The van der Waals surface area contributed by atoms with Gasteiger partial charge in [0.05, 0.1) is 40.5 Å². The van der Waals surface area contributed by atoms with E-state index in [-0.39, 0.29) is 23.5 Å². The molecule has 0 aliphatic carbocycles. The molecule has 4 heterocycles. The molecule has 9 heteroatoms. The van der Waals surface area contributed by atoms with Crippen molar-refractivity contribution >= 4 is 26.8 Å². The average molecular weight is 431 g/mol. The molecule has 3 aromatic heterocycles. The third kappa shape index (κ3) is 3.98. The first-order chi connectivity index (χ1) is 14.2. The minimum Gasteiger partial charge on any atom is -0.463 e. The number of fused-ring (bicyclic) bond motifs is 1. The Morgan fingerprint density at radius 2 is 2.20 bits per heavy atom. The molecule has 1 unspecified atom stereocenters. The summed E-state index contributed by atoms with van der Waals surface area (Å²) in [5.74, 6) is 0.995. The van der Waals surface area contributed by atoms with Crippen molar-refractivity contribution in [1.82, 2.24) is 20.1 Å². The molecule has 1 saturated heterocycles. The number of sulfone groups is 1. The molecule has 0 aromatic carbocycles. The van der Waals surface area contributed by atoms with Crippen molar-refractivity contribution in [3.63, 3.8) is 0 Å². The van der Waals surface area contributed by atoms with Gasteiger partial charge < -0.3 is 9.73 Å². The van der Waals surface area contributed by atoms with Gasteiger partial charge in [0.25, 0.3) is 5.91 Å². The molecule has 0 spiro atoms. The van der Waals surface area contributed by atoms with Crippen LogP contribution in [-0.4, -0.2) is 47.1 Å². The largest absolute Gasteiger partial charge is 0.463 e. The molecule has 4 rings (SSSR count). The van der Waals surface area contributed by atoms with Crippen LogP contribution in [0.5, 0.6) is 0 Å². The number of hydrogen-bond donors (Lipinski definition) is 1. The van der Waals surface area contributed by atoms with Crippen LogP contribution >= 0.6 is 0 Å². The fourth-order valence-corrected chi connectivity index (χ4v) is 5.53. The van der Waals surface area contributed by atoms with E-state index in [2.05, 4.69) is 24.3 Å². The first kappa shape index (κ1) is 20.6. The number of amides is 1. The van der Waals surface area contributed by atoms with Gasteiger partial charge in [-0.2, -0.15) is 5.10 Å². The van der Waals surface area contributed by atoms with Crippen LogP contribution in [0.1, 0.15) is 48.8 Å². The summed E-state index contributed by atoms with van der Waals surface area (Å²) < 4.78 is 31.2. The number of nitrogens with one attached hydrogen (secondary N) is 1. The molecule has 8 nitrogen and oxygen atoms in total. The molecule has 1 aliphatic heterocycles. The first-order valence-corrected chi connectivity index (χ1v) is 12.0. The van der Waals surface area contributed by atoms with Gasteiger partial charge in [0.1, 0.15) is 5.69 Å². The van der Waals surface area contributed by atoms with Crippen molar-refractivity contribution < 1.29 is 17.6 Å². The van der Waals surface area contributed by atoms with Crippen molar-refractivity contribution in [3.05, 3.63) is 35.7 Å². The van der Waals surface area contributed by atoms with Gasteiger partial charge in [0.2, 0.25) is 0 Å². The summed E-state index contributed by atoms with van der Waals surface area (Å²) in [6.45, 7) is 6.61. The molecule has 0 saturated carbocycles. The summed E-state index contributed by atoms with van der Waals surface area (Å²) in [7, 11) is -3.09. The molecular formula is C21H26N4O4S. The standard InChI is InChI=1S/C21H26N4O4S/c1-13(2)6-8-22-21(26)16-11-17(18-5-4-9-29-18)23-20-19(16)14(3)24-25(20)15-7-10-30(27,28)12-15/h4-5,9,11,13,15H,6-8,10,12H2,1-3H3,(H,22,26). The topological polar surface area (TPSA) is 107 Å². The zero-order chi connectivity index (χ0) is 21.5. The van der Waals surface area contributed by atoms with Crippen LogP contribution in [-0.2, 0) is 9.84 Å². The molecule has 1 N–H and O–H groups in total. The van der Waals surface area contributed by atoms with Crippen LogP contribution in [0.15, 0.2) is 28.9 Å². The van der Waals surface area contributed by atoms with Crippen molar-refractivity contribution in [3.8, 4) is 11.5 Å². The van der Waals surface area contributed by atoms with Gasteiger partial charge >= 0.3 is 0 Å². The Kier molecular flexibility index (Phi) is 5.40. The van der Waals surface area contributed by atoms with Gasteiger partial charge in [0.15, 0.2) is 21.2 Å². The van der Waals surface area contributed by atoms with Gasteiger partial charge in [-0.3, -0.25) is 4.79 Å². The summed E-state index contributed by atoms with van der Waals surface area (Å²) in [4.78, 5) is 17.8. The molecule has 30 heavy (non-hydrogen) atoms. The third-order valence-corrected chi connectivity index (χ3v) is 7.17.